The Bertz CT molecular complexity index is 752. The Morgan fingerprint density at radius 1 is 1.17 bits per heavy atom. The molecule has 0 spiro atoms. The standard InChI is InChI=1S/C24H35N3O3/c1-3-19(4-2)21(27-13-15-29-16-14-27)17-25-23(28)11-8-12-24-26-18-22(30-24)20-9-6-5-7-10-20/h5-7,9-10,18-19,21H,3-4,8,11-17H2,1-2H3,(H,25,28). The molecular weight excluding hydrogens is 378 g/mol. The number of rotatable bonds is 11. The lowest BCUT2D eigenvalue weighted by Gasteiger charge is -2.38. The van der Waals surface area contributed by atoms with Crippen molar-refractivity contribution in [3.63, 3.8) is 0 Å². The van der Waals surface area contributed by atoms with Crippen LogP contribution in [0.1, 0.15) is 45.4 Å². The molecule has 1 aromatic heterocycles. The monoisotopic (exact) mass is 413 g/mol. The lowest BCUT2D eigenvalue weighted by atomic mass is 9.92. The van der Waals surface area contributed by atoms with Crippen molar-refractivity contribution in [2.45, 2.75) is 52.0 Å². The van der Waals surface area contributed by atoms with Gasteiger partial charge in [0, 0.05) is 44.1 Å². The van der Waals surface area contributed by atoms with Crippen LogP contribution in [0.4, 0.5) is 0 Å². The number of amides is 1. The van der Waals surface area contributed by atoms with Gasteiger partial charge in [0.15, 0.2) is 11.7 Å². The maximum Gasteiger partial charge on any atom is 0.220 e. The maximum atomic E-state index is 12.4. The molecule has 1 fully saturated rings. The molecule has 1 amide bonds. The molecule has 0 aliphatic carbocycles. The highest BCUT2D eigenvalue weighted by Crippen LogP contribution is 2.21. The molecule has 0 radical (unpaired) electrons. The van der Waals surface area contributed by atoms with Crippen molar-refractivity contribution in [1.82, 2.24) is 15.2 Å². The number of aryl methyl sites for hydroxylation is 1. The van der Waals surface area contributed by atoms with Crippen LogP contribution in [0, 0.1) is 5.92 Å². The lowest BCUT2D eigenvalue weighted by molar-refractivity contribution is -0.121. The van der Waals surface area contributed by atoms with Crippen molar-refractivity contribution >= 4 is 5.91 Å². The van der Waals surface area contributed by atoms with Crippen LogP contribution >= 0.6 is 0 Å². The first-order valence-corrected chi connectivity index (χ1v) is 11.3. The topological polar surface area (TPSA) is 67.6 Å². The summed E-state index contributed by atoms with van der Waals surface area (Å²) in [6.07, 6.45) is 5.90. The van der Waals surface area contributed by atoms with Gasteiger partial charge in [0.25, 0.3) is 0 Å². The Morgan fingerprint density at radius 2 is 1.90 bits per heavy atom. The lowest BCUT2D eigenvalue weighted by Crippen LogP contribution is -2.52. The van der Waals surface area contributed by atoms with Gasteiger partial charge in [-0.3, -0.25) is 9.69 Å². The van der Waals surface area contributed by atoms with E-state index in [1.807, 2.05) is 30.3 Å². The van der Waals surface area contributed by atoms with E-state index in [0.29, 0.717) is 37.2 Å². The summed E-state index contributed by atoms with van der Waals surface area (Å²) in [5.74, 6) is 2.15. The number of carbonyl (C=O) groups excluding carboxylic acids is 1. The molecule has 1 aromatic carbocycles. The first kappa shape index (κ1) is 22.5. The van der Waals surface area contributed by atoms with E-state index < -0.39 is 0 Å². The van der Waals surface area contributed by atoms with Crippen LogP contribution in [0.5, 0.6) is 0 Å². The molecule has 6 nitrogen and oxygen atoms in total. The van der Waals surface area contributed by atoms with Gasteiger partial charge in [-0.2, -0.15) is 0 Å². The number of morpholine rings is 1. The van der Waals surface area contributed by atoms with Gasteiger partial charge in [0.1, 0.15) is 0 Å². The molecule has 30 heavy (non-hydrogen) atoms. The number of aromatic nitrogens is 1. The van der Waals surface area contributed by atoms with E-state index in [0.717, 1.165) is 56.9 Å². The van der Waals surface area contributed by atoms with Crippen molar-refractivity contribution in [2.75, 3.05) is 32.8 Å². The van der Waals surface area contributed by atoms with E-state index >= 15 is 0 Å². The van der Waals surface area contributed by atoms with E-state index in [1.165, 1.54) is 0 Å². The number of hydrogen-bond donors (Lipinski definition) is 1. The SMILES string of the molecule is CCC(CC)C(CNC(=O)CCCc1ncc(-c2ccccc2)o1)N1CCOCC1. The third-order valence-corrected chi connectivity index (χ3v) is 6.02. The summed E-state index contributed by atoms with van der Waals surface area (Å²) in [4.78, 5) is 19.3. The van der Waals surface area contributed by atoms with Crippen molar-refractivity contribution in [1.29, 1.82) is 0 Å². The molecule has 1 N–H and O–H groups in total. The third kappa shape index (κ3) is 6.41. The minimum Gasteiger partial charge on any atom is -0.441 e. The predicted molar refractivity (Wildman–Crippen MR) is 118 cm³/mol. The Hall–Kier alpha value is -2.18. The number of hydrogen-bond acceptors (Lipinski definition) is 5. The molecule has 0 saturated carbocycles. The highest BCUT2D eigenvalue weighted by molar-refractivity contribution is 5.75. The van der Waals surface area contributed by atoms with Gasteiger partial charge >= 0.3 is 0 Å². The van der Waals surface area contributed by atoms with Gasteiger partial charge in [-0.1, -0.05) is 57.0 Å². The number of nitrogens with one attached hydrogen (secondary N) is 1. The predicted octanol–water partition coefficient (Wildman–Crippen LogP) is 3.92. The summed E-state index contributed by atoms with van der Waals surface area (Å²) in [5, 5.41) is 3.17. The van der Waals surface area contributed by atoms with Crippen LogP contribution in [0.3, 0.4) is 0 Å². The van der Waals surface area contributed by atoms with Gasteiger partial charge in [-0.25, -0.2) is 4.98 Å². The summed E-state index contributed by atoms with van der Waals surface area (Å²) in [7, 11) is 0. The number of benzene rings is 1. The second-order valence-corrected chi connectivity index (χ2v) is 7.93. The Balaban J connectivity index is 1.43. The summed E-state index contributed by atoms with van der Waals surface area (Å²) in [6.45, 7) is 8.66. The van der Waals surface area contributed by atoms with E-state index in [9.17, 15) is 4.79 Å². The molecule has 1 saturated heterocycles. The first-order chi connectivity index (χ1) is 14.7. The van der Waals surface area contributed by atoms with E-state index in [1.54, 1.807) is 6.20 Å². The zero-order chi connectivity index (χ0) is 21.2. The van der Waals surface area contributed by atoms with Gasteiger partial charge in [0.05, 0.1) is 19.4 Å². The van der Waals surface area contributed by atoms with Crippen molar-refractivity contribution in [3.8, 4) is 11.3 Å². The average molecular weight is 414 g/mol. The Morgan fingerprint density at radius 3 is 2.60 bits per heavy atom. The molecule has 3 rings (SSSR count). The molecule has 0 bridgehead atoms. The second-order valence-electron chi connectivity index (χ2n) is 7.93. The zero-order valence-corrected chi connectivity index (χ0v) is 18.3. The first-order valence-electron chi connectivity index (χ1n) is 11.3. The molecule has 2 heterocycles. The highest BCUT2D eigenvalue weighted by Gasteiger charge is 2.27. The highest BCUT2D eigenvalue weighted by atomic mass is 16.5. The second kappa shape index (κ2) is 11.9. The zero-order valence-electron chi connectivity index (χ0n) is 18.3. The van der Waals surface area contributed by atoms with Crippen LogP contribution in [0.2, 0.25) is 0 Å². The molecule has 2 aromatic rings. The smallest absolute Gasteiger partial charge is 0.220 e. The van der Waals surface area contributed by atoms with Gasteiger partial charge in [-0.05, 0) is 12.3 Å². The molecule has 1 aliphatic rings. The Kier molecular flexibility index (Phi) is 8.90. The van der Waals surface area contributed by atoms with E-state index in [4.69, 9.17) is 9.15 Å². The van der Waals surface area contributed by atoms with Crippen molar-refractivity contribution in [2.24, 2.45) is 5.92 Å². The fraction of sp³-hybridized carbons (Fsp3) is 0.583. The van der Waals surface area contributed by atoms with Gasteiger partial charge in [-0.15, -0.1) is 0 Å². The third-order valence-electron chi connectivity index (χ3n) is 6.02. The van der Waals surface area contributed by atoms with Crippen LogP contribution in [0.25, 0.3) is 11.3 Å². The van der Waals surface area contributed by atoms with Crippen LogP contribution in [0.15, 0.2) is 40.9 Å². The minimum absolute atomic E-state index is 0.106. The largest absolute Gasteiger partial charge is 0.441 e. The van der Waals surface area contributed by atoms with Crippen LogP contribution in [-0.4, -0.2) is 54.7 Å². The Labute approximate surface area is 180 Å². The number of carbonyl (C=O) groups is 1. The van der Waals surface area contributed by atoms with Gasteiger partial charge < -0.3 is 14.5 Å². The molecular formula is C24H35N3O3. The quantitative estimate of drug-likeness (QED) is 0.605. The van der Waals surface area contributed by atoms with Gasteiger partial charge in [0.2, 0.25) is 5.91 Å². The fourth-order valence-electron chi connectivity index (χ4n) is 4.20. The normalized spacial score (nSPS) is 16.0. The fourth-order valence-corrected chi connectivity index (χ4v) is 4.20. The summed E-state index contributed by atoms with van der Waals surface area (Å²) >= 11 is 0. The molecule has 1 atom stereocenters. The molecule has 6 heteroatoms. The maximum absolute atomic E-state index is 12.4. The summed E-state index contributed by atoms with van der Waals surface area (Å²) in [5.41, 5.74) is 1.02. The van der Waals surface area contributed by atoms with Crippen LogP contribution in [-0.2, 0) is 16.0 Å². The van der Waals surface area contributed by atoms with Crippen molar-refractivity contribution < 1.29 is 13.9 Å². The number of nitrogens with zero attached hydrogens (tertiary/aromatic N) is 2. The number of oxazole rings is 1. The molecule has 1 unspecified atom stereocenters. The van der Waals surface area contributed by atoms with Crippen LogP contribution < -0.4 is 5.32 Å². The molecule has 1 aliphatic heterocycles. The van der Waals surface area contributed by atoms with E-state index in [2.05, 4.69) is 29.0 Å². The average Bonchev–Trinajstić information content (AvgIpc) is 3.27. The van der Waals surface area contributed by atoms with Crippen molar-refractivity contribution in [3.05, 3.63) is 42.4 Å². The summed E-state index contributed by atoms with van der Waals surface area (Å²) in [6, 6.07) is 10.3. The molecule has 164 valence electrons. The summed E-state index contributed by atoms with van der Waals surface area (Å²) < 4.78 is 11.3. The number of ether oxygens (including phenoxy) is 1. The van der Waals surface area contributed by atoms with E-state index in [-0.39, 0.29) is 5.91 Å². The minimum atomic E-state index is 0.106.